The molecule has 0 atom stereocenters. The molecule has 0 radical (unpaired) electrons. The van der Waals surface area contributed by atoms with E-state index in [0.717, 1.165) is 27.5 Å². The van der Waals surface area contributed by atoms with E-state index in [-0.39, 0.29) is 5.97 Å². The number of fused-ring (bicyclic) bond motifs is 2. The molecule has 0 saturated heterocycles. The molecule has 0 aliphatic rings. The number of esters is 1. The van der Waals surface area contributed by atoms with Gasteiger partial charge in [0.1, 0.15) is 0 Å². The van der Waals surface area contributed by atoms with E-state index in [9.17, 15) is 4.79 Å². The van der Waals surface area contributed by atoms with Gasteiger partial charge < -0.3 is 9.72 Å². The topological polar surface area (TPSA) is 42.1 Å². The molecule has 3 aromatic carbocycles. The first-order valence-electron chi connectivity index (χ1n) is 7.46. The van der Waals surface area contributed by atoms with Crippen molar-refractivity contribution in [1.82, 2.24) is 4.98 Å². The minimum absolute atomic E-state index is 0.328. The number of aromatic amines is 1. The Bertz CT molecular complexity index is 1030. The van der Waals surface area contributed by atoms with Gasteiger partial charge in [0.25, 0.3) is 0 Å². The summed E-state index contributed by atoms with van der Waals surface area (Å²) < 4.78 is 4.99. The van der Waals surface area contributed by atoms with Crippen LogP contribution in [0.1, 0.15) is 10.4 Å². The summed E-state index contributed by atoms with van der Waals surface area (Å²) in [6.07, 6.45) is 0. The van der Waals surface area contributed by atoms with Crippen LogP contribution in [0.4, 0.5) is 0 Å². The number of aromatic nitrogens is 1. The van der Waals surface area contributed by atoms with E-state index in [1.165, 1.54) is 12.5 Å². The molecule has 0 bridgehead atoms. The van der Waals surface area contributed by atoms with E-state index >= 15 is 0 Å². The summed E-state index contributed by atoms with van der Waals surface area (Å²) in [5.74, 6) is -0.328. The van der Waals surface area contributed by atoms with Crippen molar-refractivity contribution in [3.8, 4) is 11.3 Å². The zero-order valence-electron chi connectivity index (χ0n) is 12.7. The fraction of sp³-hybridized carbons (Fsp3) is 0.0500. The highest BCUT2D eigenvalue weighted by Gasteiger charge is 2.20. The van der Waals surface area contributed by atoms with Crippen molar-refractivity contribution < 1.29 is 9.53 Å². The van der Waals surface area contributed by atoms with E-state index in [0.29, 0.717) is 5.56 Å². The third-order valence-electron chi connectivity index (χ3n) is 4.13. The molecule has 23 heavy (non-hydrogen) atoms. The minimum atomic E-state index is -0.328. The summed E-state index contributed by atoms with van der Waals surface area (Å²) in [7, 11) is 1.41. The Morgan fingerprint density at radius 3 is 2.48 bits per heavy atom. The number of rotatable bonds is 2. The van der Waals surface area contributed by atoms with Crippen molar-refractivity contribution in [3.05, 3.63) is 72.3 Å². The molecule has 0 aliphatic heterocycles. The second-order valence-electron chi connectivity index (χ2n) is 5.47. The fourth-order valence-corrected chi connectivity index (χ4v) is 3.02. The van der Waals surface area contributed by atoms with Crippen LogP contribution in [0.5, 0.6) is 0 Å². The molecule has 0 fully saturated rings. The molecule has 0 aliphatic carbocycles. The molecular formula is C20H15NO2. The first-order chi connectivity index (χ1) is 11.3. The molecule has 4 aromatic rings. The van der Waals surface area contributed by atoms with Gasteiger partial charge in [0.05, 0.1) is 18.4 Å². The summed E-state index contributed by atoms with van der Waals surface area (Å²) >= 11 is 0. The lowest BCUT2D eigenvalue weighted by atomic mass is 10.0. The summed E-state index contributed by atoms with van der Waals surface area (Å²) in [6, 6.07) is 22.1. The van der Waals surface area contributed by atoms with Crippen LogP contribution in [0, 0.1) is 0 Å². The zero-order chi connectivity index (χ0) is 15.8. The van der Waals surface area contributed by atoms with Crippen molar-refractivity contribution >= 4 is 27.6 Å². The summed E-state index contributed by atoms with van der Waals surface area (Å²) in [6.45, 7) is 0. The molecule has 4 rings (SSSR count). The van der Waals surface area contributed by atoms with Crippen molar-refractivity contribution in [2.24, 2.45) is 0 Å². The van der Waals surface area contributed by atoms with Crippen molar-refractivity contribution in [2.45, 2.75) is 0 Å². The van der Waals surface area contributed by atoms with E-state index in [1.54, 1.807) is 0 Å². The average Bonchev–Trinajstić information content (AvgIpc) is 3.00. The van der Waals surface area contributed by atoms with Crippen LogP contribution in [-0.4, -0.2) is 18.1 Å². The van der Waals surface area contributed by atoms with Crippen LogP contribution in [0.3, 0.4) is 0 Å². The molecular weight excluding hydrogens is 286 g/mol. The van der Waals surface area contributed by atoms with Gasteiger partial charge in [-0.25, -0.2) is 4.79 Å². The number of H-pyrrole nitrogens is 1. The molecule has 3 heteroatoms. The number of benzene rings is 3. The van der Waals surface area contributed by atoms with Crippen molar-refractivity contribution in [2.75, 3.05) is 7.11 Å². The van der Waals surface area contributed by atoms with Gasteiger partial charge in [0.2, 0.25) is 0 Å². The molecule has 1 heterocycles. The number of para-hydroxylation sites is 1. The average molecular weight is 301 g/mol. The molecule has 112 valence electrons. The molecule has 1 N–H and O–H groups in total. The van der Waals surface area contributed by atoms with E-state index in [1.807, 2.05) is 42.5 Å². The molecule has 1 aromatic heterocycles. The molecule has 0 unspecified atom stereocenters. The third kappa shape index (κ3) is 2.18. The highest BCUT2D eigenvalue weighted by atomic mass is 16.5. The van der Waals surface area contributed by atoms with Crippen molar-refractivity contribution in [1.29, 1.82) is 0 Å². The van der Waals surface area contributed by atoms with Crippen LogP contribution in [0.2, 0.25) is 0 Å². The highest BCUT2D eigenvalue weighted by molar-refractivity contribution is 6.10. The second-order valence-corrected chi connectivity index (χ2v) is 5.47. The molecule has 0 spiro atoms. The second kappa shape index (κ2) is 5.29. The number of nitrogens with one attached hydrogen (secondary N) is 1. The van der Waals surface area contributed by atoms with E-state index in [4.69, 9.17) is 4.74 Å². The van der Waals surface area contributed by atoms with Crippen LogP contribution < -0.4 is 0 Å². The molecule has 0 amide bonds. The summed E-state index contributed by atoms with van der Waals surface area (Å²) in [5, 5.41) is 3.19. The zero-order valence-corrected chi connectivity index (χ0v) is 12.7. The lowest BCUT2D eigenvalue weighted by molar-refractivity contribution is 0.0604. The minimum Gasteiger partial charge on any atom is -0.465 e. The largest absolute Gasteiger partial charge is 0.465 e. The maximum absolute atomic E-state index is 12.3. The van der Waals surface area contributed by atoms with E-state index < -0.39 is 0 Å². The normalized spacial score (nSPS) is 11.0. The number of hydrogen-bond donors (Lipinski definition) is 1. The maximum atomic E-state index is 12.3. The van der Waals surface area contributed by atoms with Crippen LogP contribution >= 0.6 is 0 Å². The van der Waals surface area contributed by atoms with Crippen LogP contribution in [0.25, 0.3) is 32.9 Å². The van der Waals surface area contributed by atoms with E-state index in [2.05, 4.69) is 29.2 Å². The number of hydrogen-bond acceptors (Lipinski definition) is 2. The smallest absolute Gasteiger partial charge is 0.340 e. The Morgan fingerprint density at radius 1 is 0.913 bits per heavy atom. The lowest BCUT2D eigenvalue weighted by Gasteiger charge is -2.05. The predicted molar refractivity (Wildman–Crippen MR) is 92.6 cm³/mol. The van der Waals surface area contributed by atoms with Gasteiger partial charge in [0, 0.05) is 10.9 Å². The predicted octanol–water partition coefficient (Wildman–Crippen LogP) is 4.77. The Labute approximate surface area is 133 Å². The fourth-order valence-electron chi connectivity index (χ4n) is 3.02. The lowest BCUT2D eigenvalue weighted by Crippen LogP contribution is -2.02. The molecule has 3 nitrogen and oxygen atoms in total. The van der Waals surface area contributed by atoms with Gasteiger partial charge in [-0.1, -0.05) is 54.6 Å². The first kappa shape index (κ1) is 13.6. The number of ether oxygens (including phenoxy) is 1. The SMILES string of the molecule is COC(=O)c1c(-c2ccc3ccccc3c2)[nH]c2ccccc12. The van der Waals surface area contributed by atoms with Gasteiger partial charge in [-0.15, -0.1) is 0 Å². The van der Waals surface area contributed by atoms with Crippen LogP contribution in [-0.2, 0) is 4.74 Å². The van der Waals surface area contributed by atoms with Gasteiger partial charge >= 0.3 is 5.97 Å². The first-order valence-corrected chi connectivity index (χ1v) is 7.46. The summed E-state index contributed by atoms with van der Waals surface area (Å²) in [5.41, 5.74) is 3.28. The number of methoxy groups -OCH3 is 1. The Kier molecular flexibility index (Phi) is 3.12. The maximum Gasteiger partial charge on any atom is 0.340 e. The highest BCUT2D eigenvalue weighted by Crippen LogP contribution is 2.32. The molecule has 0 saturated carbocycles. The number of carbonyl (C=O) groups excluding carboxylic acids is 1. The van der Waals surface area contributed by atoms with Gasteiger partial charge in [-0.2, -0.15) is 0 Å². The van der Waals surface area contributed by atoms with Crippen molar-refractivity contribution in [3.63, 3.8) is 0 Å². The standard InChI is InChI=1S/C20H15NO2/c1-23-20(22)18-16-8-4-5-9-17(16)21-19(18)15-11-10-13-6-2-3-7-14(13)12-15/h2-12,21H,1H3. The third-order valence-corrected chi connectivity index (χ3v) is 4.13. The Hall–Kier alpha value is -3.07. The quantitative estimate of drug-likeness (QED) is 0.542. The Morgan fingerprint density at radius 2 is 1.65 bits per heavy atom. The van der Waals surface area contributed by atoms with Gasteiger partial charge in [0.15, 0.2) is 0 Å². The Balaban J connectivity index is 2.01. The monoisotopic (exact) mass is 301 g/mol. The number of carbonyl (C=O) groups is 1. The van der Waals surface area contributed by atoms with Gasteiger partial charge in [-0.3, -0.25) is 0 Å². The van der Waals surface area contributed by atoms with Crippen LogP contribution in [0.15, 0.2) is 66.7 Å². The summed E-state index contributed by atoms with van der Waals surface area (Å²) in [4.78, 5) is 15.7. The van der Waals surface area contributed by atoms with Gasteiger partial charge in [-0.05, 0) is 28.5 Å².